The highest BCUT2D eigenvalue weighted by Gasteiger charge is 2.24. The second-order valence-electron chi connectivity index (χ2n) is 2.96. The Bertz CT molecular complexity index is 94.9. The molecule has 0 spiro atoms. The monoisotopic (exact) mass is 148 g/mol. The van der Waals surface area contributed by atoms with Gasteiger partial charge in [0.1, 0.15) is 0 Å². The second-order valence-corrected chi connectivity index (χ2v) is 3.52. The van der Waals surface area contributed by atoms with Crippen LogP contribution in [0.3, 0.4) is 0 Å². The van der Waals surface area contributed by atoms with Crippen LogP contribution < -0.4 is 0 Å². The summed E-state index contributed by atoms with van der Waals surface area (Å²) >= 11 is 5.90. The van der Waals surface area contributed by atoms with Gasteiger partial charge >= 0.3 is 0 Å². The van der Waals surface area contributed by atoms with E-state index in [1.165, 1.54) is 0 Å². The van der Waals surface area contributed by atoms with Crippen LogP contribution in [0.5, 0.6) is 0 Å². The van der Waals surface area contributed by atoms with Crippen molar-refractivity contribution in [1.29, 1.82) is 0 Å². The van der Waals surface area contributed by atoms with E-state index in [9.17, 15) is 0 Å². The molecule has 3 atom stereocenters. The van der Waals surface area contributed by atoms with Gasteiger partial charge in [-0.05, 0) is 25.2 Å². The molecule has 2 heteroatoms. The van der Waals surface area contributed by atoms with Crippen LogP contribution in [0.1, 0.15) is 26.2 Å². The highest BCUT2D eigenvalue weighted by Crippen LogP contribution is 2.27. The van der Waals surface area contributed by atoms with Crippen molar-refractivity contribution in [1.82, 2.24) is 0 Å². The van der Waals surface area contributed by atoms with E-state index >= 15 is 0 Å². The standard InChI is InChI=1S/C7H13ClO/c1-5-2-3-6(9)4-7(5)8/h5-7,9H,2-4H2,1H3. The van der Waals surface area contributed by atoms with E-state index in [1.54, 1.807) is 0 Å². The Balaban J connectivity index is 2.35. The Morgan fingerprint density at radius 1 is 1.44 bits per heavy atom. The SMILES string of the molecule is CC1CCC(O)CC1Cl. The molecule has 0 radical (unpaired) electrons. The van der Waals surface area contributed by atoms with E-state index < -0.39 is 0 Å². The van der Waals surface area contributed by atoms with E-state index in [-0.39, 0.29) is 11.5 Å². The summed E-state index contributed by atoms with van der Waals surface area (Å²) in [5, 5.41) is 9.32. The van der Waals surface area contributed by atoms with Crippen LogP contribution in [0.2, 0.25) is 0 Å². The van der Waals surface area contributed by atoms with Crippen LogP contribution >= 0.6 is 11.6 Å². The summed E-state index contributed by atoms with van der Waals surface area (Å²) in [6, 6.07) is 0. The molecule has 1 nitrogen and oxygen atoms in total. The van der Waals surface area contributed by atoms with Crippen molar-refractivity contribution in [2.45, 2.75) is 37.7 Å². The first-order valence-corrected chi connectivity index (χ1v) is 3.96. The zero-order chi connectivity index (χ0) is 6.85. The molecule has 0 aromatic heterocycles. The lowest BCUT2D eigenvalue weighted by molar-refractivity contribution is 0.115. The van der Waals surface area contributed by atoms with Crippen LogP contribution in [0.15, 0.2) is 0 Å². The van der Waals surface area contributed by atoms with Crippen molar-refractivity contribution in [3.8, 4) is 0 Å². The van der Waals surface area contributed by atoms with Crippen molar-refractivity contribution in [3.05, 3.63) is 0 Å². The highest BCUT2D eigenvalue weighted by atomic mass is 35.5. The summed E-state index contributed by atoms with van der Waals surface area (Å²) in [4.78, 5) is 0. The summed E-state index contributed by atoms with van der Waals surface area (Å²) in [6.45, 7) is 2.14. The quantitative estimate of drug-likeness (QED) is 0.520. The normalized spacial score (nSPS) is 45.0. The Hall–Kier alpha value is 0.250. The van der Waals surface area contributed by atoms with Crippen LogP contribution in [-0.4, -0.2) is 16.6 Å². The molecule has 3 unspecified atom stereocenters. The number of alkyl halides is 1. The fourth-order valence-electron chi connectivity index (χ4n) is 1.25. The van der Waals surface area contributed by atoms with Gasteiger partial charge in [0.15, 0.2) is 0 Å². The molecule has 0 heterocycles. The summed E-state index contributed by atoms with van der Waals surface area (Å²) in [6.07, 6.45) is 2.66. The third kappa shape index (κ3) is 1.84. The average Bonchev–Trinajstić information content (AvgIpc) is 1.80. The first-order chi connectivity index (χ1) is 4.20. The van der Waals surface area contributed by atoms with Gasteiger partial charge in [-0.2, -0.15) is 0 Å². The predicted molar refractivity (Wildman–Crippen MR) is 38.7 cm³/mol. The molecule has 0 aromatic rings. The fourth-order valence-corrected chi connectivity index (χ4v) is 1.58. The first-order valence-electron chi connectivity index (χ1n) is 3.52. The van der Waals surface area contributed by atoms with Crippen LogP contribution in [-0.2, 0) is 0 Å². The Kier molecular flexibility index (Phi) is 2.36. The number of rotatable bonds is 0. The van der Waals surface area contributed by atoms with Crippen LogP contribution in [0, 0.1) is 5.92 Å². The number of aliphatic hydroxyl groups is 1. The molecular formula is C7H13ClO. The minimum Gasteiger partial charge on any atom is -0.393 e. The number of hydrogen-bond donors (Lipinski definition) is 1. The van der Waals surface area contributed by atoms with E-state index in [0.29, 0.717) is 5.92 Å². The maximum absolute atomic E-state index is 9.11. The lowest BCUT2D eigenvalue weighted by Gasteiger charge is -2.26. The van der Waals surface area contributed by atoms with Gasteiger partial charge in [-0.1, -0.05) is 6.92 Å². The molecule has 1 fully saturated rings. The number of hydrogen-bond acceptors (Lipinski definition) is 1. The van der Waals surface area contributed by atoms with Crippen molar-refractivity contribution >= 4 is 11.6 Å². The van der Waals surface area contributed by atoms with Gasteiger partial charge in [0.2, 0.25) is 0 Å². The predicted octanol–water partition coefficient (Wildman–Crippen LogP) is 1.77. The van der Waals surface area contributed by atoms with Crippen molar-refractivity contribution in [2.75, 3.05) is 0 Å². The van der Waals surface area contributed by atoms with Crippen LogP contribution in [0.4, 0.5) is 0 Å². The maximum atomic E-state index is 9.11. The first kappa shape index (κ1) is 7.36. The van der Waals surface area contributed by atoms with Gasteiger partial charge in [0.05, 0.1) is 6.10 Å². The third-order valence-corrected chi connectivity index (χ3v) is 2.68. The zero-order valence-electron chi connectivity index (χ0n) is 5.68. The molecule has 1 aliphatic carbocycles. The minimum absolute atomic E-state index is 0.135. The molecule has 0 bridgehead atoms. The van der Waals surface area contributed by atoms with Crippen molar-refractivity contribution in [3.63, 3.8) is 0 Å². The molecule has 0 amide bonds. The Labute approximate surface area is 61.0 Å². The molecule has 0 saturated heterocycles. The smallest absolute Gasteiger partial charge is 0.0554 e. The highest BCUT2D eigenvalue weighted by molar-refractivity contribution is 6.20. The van der Waals surface area contributed by atoms with E-state index in [1.807, 2.05) is 0 Å². The lowest BCUT2D eigenvalue weighted by Crippen LogP contribution is -2.26. The molecule has 1 N–H and O–H groups in total. The fraction of sp³-hybridized carbons (Fsp3) is 1.00. The Morgan fingerprint density at radius 3 is 2.56 bits per heavy atom. The molecular weight excluding hydrogens is 136 g/mol. The second kappa shape index (κ2) is 2.89. The molecule has 9 heavy (non-hydrogen) atoms. The van der Waals surface area contributed by atoms with Gasteiger partial charge in [0, 0.05) is 5.38 Å². The Morgan fingerprint density at radius 2 is 2.11 bits per heavy atom. The maximum Gasteiger partial charge on any atom is 0.0554 e. The van der Waals surface area contributed by atoms with Gasteiger partial charge in [0.25, 0.3) is 0 Å². The topological polar surface area (TPSA) is 20.2 Å². The van der Waals surface area contributed by atoms with Crippen LogP contribution in [0.25, 0.3) is 0 Å². The zero-order valence-corrected chi connectivity index (χ0v) is 6.43. The average molecular weight is 149 g/mol. The molecule has 54 valence electrons. The van der Waals surface area contributed by atoms with Crippen molar-refractivity contribution < 1.29 is 5.11 Å². The molecule has 1 aliphatic rings. The van der Waals surface area contributed by atoms with Gasteiger partial charge < -0.3 is 5.11 Å². The van der Waals surface area contributed by atoms with Gasteiger partial charge in [-0.25, -0.2) is 0 Å². The number of halogens is 1. The van der Waals surface area contributed by atoms with E-state index in [2.05, 4.69) is 6.92 Å². The van der Waals surface area contributed by atoms with E-state index in [4.69, 9.17) is 16.7 Å². The molecule has 1 rings (SSSR count). The summed E-state index contributed by atoms with van der Waals surface area (Å²) in [5.74, 6) is 0.593. The molecule has 1 saturated carbocycles. The van der Waals surface area contributed by atoms with Gasteiger partial charge in [-0.3, -0.25) is 0 Å². The lowest BCUT2D eigenvalue weighted by atomic mass is 9.88. The van der Waals surface area contributed by atoms with Crippen molar-refractivity contribution in [2.24, 2.45) is 5.92 Å². The third-order valence-electron chi connectivity index (χ3n) is 2.07. The summed E-state index contributed by atoms with van der Waals surface area (Å²) in [5.41, 5.74) is 0. The molecule has 0 aliphatic heterocycles. The number of aliphatic hydroxyl groups excluding tert-OH is 1. The molecule has 0 aromatic carbocycles. The summed E-state index contributed by atoms with van der Waals surface area (Å²) < 4.78 is 0. The van der Waals surface area contributed by atoms with E-state index in [0.717, 1.165) is 19.3 Å². The largest absolute Gasteiger partial charge is 0.393 e. The summed E-state index contributed by atoms with van der Waals surface area (Å²) in [7, 11) is 0. The minimum atomic E-state index is -0.135. The van der Waals surface area contributed by atoms with Gasteiger partial charge in [-0.15, -0.1) is 11.6 Å².